The molecule has 3 nitrogen and oxygen atoms in total. The van der Waals surface area contributed by atoms with Crippen molar-refractivity contribution < 1.29 is 119 Å². The SMILES string of the molecule is [Ce+3].[Ce+3].[O-2].[O-2].[O-2].[Zn+2]. The van der Waals surface area contributed by atoms with E-state index in [-0.39, 0.29) is 119 Å². The zero-order chi connectivity index (χ0) is 0. The molecule has 2 radical (unpaired) electrons. The molecule has 0 heterocycles. The van der Waals surface area contributed by atoms with E-state index in [1.807, 2.05) is 0 Å². The molecule has 6 heteroatoms. The topological polar surface area (TPSA) is 85.5 Å². The smallest absolute Gasteiger partial charge is 2.00 e. The van der Waals surface area contributed by atoms with E-state index in [1.54, 1.807) is 0 Å². The van der Waals surface area contributed by atoms with Gasteiger partial charge in [-0.1, -0.05) is 0 Å². The molecule has 0 aromatic carbocycles. The Kier molecular flexibility index (Phi) is 407. The first kappa shape index (κ1) is 59.5. The van der Waals surface area contributed by atoms with Crippen molar-refractivity contribution >= 4 is 0 Å². The third-order valence-corrected chi connectivity index (χ3v) is 0. The Labute approximate surface area is 116 Å². The molecule has 0 aliphatic rings. The molecule has 0 aliphatic heterocycles. The van der Waals surface area contributed by atoms with E-state index >= 15 is 0 Å². The van der Waals surface area contributed by atoms with Crippen LogP contribution in [0.5, 0.6) is 0 Å². The van der Waals surface area contributed by atoms with Crippen LogP contribution in [0.3, 0.4) is 0 Å². The fourth-order valence-electron chi connectivity index (χ4n) is 0. The molecule has 0 unspecified atom stereocenters. The summed E-state index contributed by atoms with van der Waals surface area (Å²) in [5.41, 5.74) is 0. The van der Waals surface area contributed by atoms with Crippen molar-refractivity contribution in [2.24, 2.45) is 0 Å². The average molecular weight is 394 g/mol. The first-order valence-corrected chi connectivity index (χ1v) is 0. The van der Waals surface area contributed by atoms with Crippen LogP contribution < -0.4 is 0 Å². The minimum absolute atomic E-state index is 0. The van der Waals surface area contributed by atoms with Gasteiger partial charge in [-0.2, -0.15) is 0 Å². The molecule has 0 fully saturated rings. The Morgan fingerprint density at radius 3 is 0.500 bits per heavy atom. The molecule has 0 spiro atoms. The van der Waals surface area contributed by atoms with E-state index in [4.69, 9.17) is 0 Å². The van der Waals surface area contributed by atoms with Crippen molar-refractivity contribution in [1.82, 2.24) is 0 Å². The van der Waals surface area contributed by atoms with Gasteiger partial charge in [-0.25, -0.2) is 0 Å². The van der Waals surface area contributed by atoms with Crippen LogP contribution in [0.2, 0.25) is 0 Å². The monoisotopic (exact) mass is 392 g/mol. The van der Waals surface area contributed by atoms with Crippen LogP contribution in [0.25, 0.3) is 0 Å². The predicted molar refractivity (Wildman–Crippen MR) is 2.06 cm³/mol. The van der Waals surface area contributed by atoms with E-state index in [0.717, 1.165) is 0 Å². The van der Waals surface area contributed by atoms with Crippen molar-refractivity contribution in [1.29, 1.82) is 0 Å². The Hall–Kier alpha value is 3.26. The molecular formula is Ce2O3Zn+2. The van der Waals surface area contributed by atoms with Gasteiger partial charge in [-0.3, -0.25) is 0 Å². The van der Waals surface area contributed by atoms with Gasteiger partial charge in [0.05, 0.1) is 0 Å². The number of hydrogen-bond acceptors (Lipinski definition) is 0. The summed E-state index contributed by atoms with van der Waals surface area (Å²) in [5.74, 6) is 0. The van der Waals surface area contributed by atoms with Gasteiger partial charge in [0.25, 0.3) is 0 Å². The summed E-state index contributed by atoms with van der Waals surface area (Å²) < 4.78 is 0. The van der Waals surface area contributed by atoms with Crippen LogP contribution in [0.4, 0.5) is 0 Å². The Morgan fingerprint density at radius 2 is 0.500 bits per heavy atom. The van der Waals surface area contributed by atoms with Crippen molar-refractivity contribution in [3.63, 3.8) is 0 Å². The Bertz CT molecular complexity index is 8.75. The van der Waals surface area contributed by atoms with Crippen molar-refractivity contribution in [2.75, 3.05) is 0 Å². The van der Waals surface area contributed by atoms with Crippen LogP contribution in [-0.2, 0) is 35.9 Å². The second-order valence-electron chi connectivity index (χ2n) is 0. The zero-order valence-corrected chi connectivity index (χ0v) is 12.2. The van der Waals surface area contributed by atoms with Gasteiger partial charge < -0.3 is 16.4 Å². The number of rotatable bonds is 0. The van der Waals surface area contributed by atoms with Crippen LogP contribution in [-0.4, -0.2) is 0 Å². The molecule has 0 aromatic heterocycles. The molecule has 0 bridgehead atoms. The first-order chi connectivity index (χ1) is 0. The minimum atomic E-state index is 0. The summed E-state index contributed by atoms with van der Waals surface area (Å²) in [6, 6.07) is 0. The van der Waals surface area contributed by atoms with Gasteiger partial charge in [0.2, 0.25) is 0 Å². The third kappa shape index (κ3) is 26.8. The molecule has 0 saturated carbocycles. The van der Waals surface area contributed by atoms with E-state index in [1.165, 1.54) is 0 Å². The van der Waals surface area contributed by atoms with E-state index in [0.29, 0.717) is 0 Å². The Morgan fingerprint density at radius 1 is 0.500 bits per heavy atom. The second kappa shape index (κ2) is 41.0. The van der Waals surface area contributed by atoms with Gasteiger partial charge in [0.15, 0.2) is 0 Å². The van der Waals surface area contributed by atoms with Crippen molar-refractivity contribution in [3.8, 4) is 0 Å². The van der Waals surface area contributed by atoms with Crippen LogP contribution in [0.15, 0.2) is 0 Å². The molecule has 0 aromatic rings. The van der Waals surface area contributed by atoms with Gasteiger partial charge >= 0.3 is 103 Å². The maximum absolute atomic E-state index is 0. The summed E-state index contributed by atoms with van der Waals surface area (Å²) in [6.45, 7) is 0. The first-order valence-electron chi connectivity index (χ1n) is 0. The largest absolute Gasteiger partial charge is 3.00 e. The van der Waals surface area contributed by atoms with Gasteiger partial charge in [0, 0.05) is 0 Å². The fraction of sp³-hybridized carbons (Fsp3) is 0. The van der Waals surface area contributed by atoms with Gasteiger partial charge in [-0.05, 0) is 0 Å². The van der Waals surface area contributed by atoms with E-state index < -0.39 is 0 Å². The van der Waals surface area contributed by atoms with Crippen molar-refractivity contribution in [2.45, 2.75) is 0 Å². The average Bonchev–Trinajstić information content (AvgIpc) is 0. The third-order valence-electron chi connectivity index (χ3n) is 0. The molecule has 0 aliphatic carbocycles. The number of hydrogen-bond donors (Lipinski definition) is 0. The predicted octanol–water partition coefficient (Wildman–Crippen LogP) is -0.359. The molecule has 0 amide bonds. The summed E-state index contributed by atoms with van der Waals surface area (Å²) >= 11 is 0. The molecule has 0 atom stereocenters. The summed E-state index contributed by atoms with van der Waals surface area (Å²) in [4.78, 5) is 0. The fourth-order valence-corrected chi connectivity index (χ4v) is 0. The van der Waals surface area contributed by atoms with E-state index in [9.17, 15) is 0 Å². The molecular weight excluding hydrogens is 394 g/mol. The minimum Gasteiger partial charge on any atom is -2.00 e. The maximum atomic E-state index is 0. The maximum Gasteiger partial charge on any atom is 3.00 e. The van der Waals surface area contributed by atoms with E-state index in [2.05, 4.69) is 0 Å². The molecule has 0 N–H and O–H groups in total. The van der Waals surface area contributed by atoms with Crippen LogP contribution in [0.1, 0.15) is 0 Å². The van der Waals surface area contributed by atoms with Crippen molar-refractivity contribution in [3.05, 3.63) is 0 Å². The van der Waals surface area contributed by atoms with Crippen LogP contribution in [0, 0.1) is 83.5 Å². The van der Waals surface area contributed by atoms with Crippen LogP contribution >= 0.6 is 0 Å². The summed E-state index contributed by atoms with van der Waals surface area (Å²) in [5, 5.41) is 0. The summed E-state index contributed by atoms with van der Waals surface area (Å²) in [6.07, 6.45) is 0. The Balaban J connectivity index is 0. The zero-order valence-electron chi connectivity index (χ0n) is 2.93. The van der Waals surface area contributed by atoms with Gasteiger partial charge in [-0.15, -0.1) is 0 Å². The standard InChI is InChI=1S/2Ce.3O.Zn/q2*+3;3*-2;+2. The van der Waals surface area contributed by atoms with Gasteiger partial charge in [0.1, 0.15) is 0 Å². The molecule has 6 heavy (non-hydrogen) atoms. The second-order valence-corrected chi connectivity index (χ2v) is 0. The quantitative estimate of drug-likeness (QED) is 0.504. The molecule has 0 saturated heterocycles. The molecule has 0 rings (SSSR count). The normalized spacial score (nSPS) is 0. The summed E-state index contributed by atoms with van der Waals surface area (Å²) in [7, 11) is 0. The molecule has 26 valence electrons.